The molecule has 0 aliphatic heterocycles. The average molecular weight is 336 g/mol. The second kappa shape index (κ2) is 8.31. The molecule has 0 atom stereocenters. The number of aromatic carboxylic acids is 1. The van der Waals surface area contributed by atoms with E-state index in [0.717, 1.165) is 0 Å². The van der Waals surface area contributed by atoms with E-state index in [1.807, 2.05) is 13.0 Å². The molecule has 2 aromatic carbocycles. The number of hydrogen-bond acceptors (Lipinski definition) is 4. The number of carbonyl (C=O) groups is 2. The van der Waals surface area contributed by atoms with Gasteiger partial charge in [-0.25, -0.2) is 4.79 Å². The number of nitrogens with one attached hydrogen (secondary N) is 1. The SMILES string of the molecule is CCOc1cccc(C=C(C#N)C(=O)Nc2ccc(C(=O)O)cc2)c1. The molecule has 0 bridgehead atoms. The van der Waals surface area contributed by atoms with Crippen LogP contribution in [0.25, 0.3) is 6.08 Å². The highest BCUT2D eigenvalue weighted by atomic mass is 16.5. The van der Waals surface area contributed by atoms with Crippen molar-refractivity contribution in [2.24, 2.45) is 0 Å². The van der Waals surface area contributed by atoms with Crippen LogP contribution in [0.2, 0.25) is 0 Å². The molecule has 1 amide bonds. The van der Waals surface area contributed by atoms with Crippen LogP contribution < -0.4 is 10.1 Å². The van der Waals surface area contributed by atoms with E-state index in [-0.39, 0.29) is 11.1 Å². The molecular formula is C19H16N2O4. The zero-order chi connectivity index (χ0) is 18.2. The van der Waals surface area contributed by atoms with Gasteiger partial charge in [-0.2, -0.15) is 5.26 Å². The Morgan fingerprint density at radius 1 is 1.24 bits per heavy atom. The molecular weight excluding hydrogens is 320 g/mol. The van der Waals surface area contributed by atoms with Gasteiger partial charge in [0.15, 0.2) is 0 Å². The summed E-state index contributed by atoms with van der Waals surface area (Å²) in [4.78, 5) is 23.0. The number of anilines is 1. The molecule has 0 saturated carbocycles. The zero-order valence-electron chi connectivity index (χ0n) is 13.5. The van der Waals surface area contributed by atoms with Crippen molar-refractivity contribution >= 4 is 23.6 Å². The molecule has 6 nitrogen and oxygen atoms in total. The van der Waals surface area contributed by atoms with Crippen LogP contribution in [0, 0.1) is 11.3 Å². The normalized spacial score (nSPS) is 10.6. The van der Waals surface area contributed by atoms with Crippen molar-refractivity contribution in [1.82, 2.24) is 0 Å². The molecule has 0 fully saturated rings. The summed E-state index contributed by atoms with van der Waals surface area (Å²) in [6.07, 6.45) is 1.46. The highest BCUT2D eigenvalue weighted by Crippen LogP contribution is 2.17. The van der Waals surface area contributed by atoms with Gasteiger partial charge in [0.25, 0.3) is 5.91 Å². The van der Waals surface area contributed by atoms with Crippen molar-refractivity contribution < 1.29 is 19.4 Å². The Kier molecular flexibility index (Phi) is 5.91. The monoisotopic (exact) mass is 336 g/mol. The van der Waals surface area contributed by atoms with Crippen molar-refractivity contribution in [2.75, 3.05) is 11.9 Å². The summed E-state index contributed by atoms with van der Waals surface area (Å²) in [6, 6.07) is 14.6. The minimum absolute atomic E-state index is 0.0732. The van der Waals surface area contributed by atoms with Crippen molar-refractivity contribution in [1.29, 1.82) is 5.26 Å². The fourth-order valence-corrected chi connectivity index (χ4v) is 2.07. The number of carboxylic acids is 1. The largest absolute Gasteiger partial charge is 0.494 e. The van der Waals surface area contributed by atoms with Crippen LogP contribution in [0.4, 0.5) is 5.69 Å². The smallest absolute Gasteiger partial charge is 0.335 e. The van der Waals surface area contributed by atoms with E-state index in [0.29, 0.717) is 23.6 Å². The number of benzene rings is 2. The summed E-state index contributed by atoms with van der Waals surface area (Å²) in [5, 5.41) is 20.7. The number of hydrogen-bond donors (Lipinski definition) is 2. The molecule has 0 aliphatic carbocycles. The fraction of sp³-hybridized carbons (Fsp3) is 0.105. The quantitative estimate of drug-likeness (QED) is 0.622. The molecule has 0 spiro atoms. The Bertz CT molecular complexity index is 848. The van der Waals surface area contributed by atoms with Crippen molar-refractivity contribution in [3.05, 3.63) is 65.2 Å². The molecule has 126 valence electrons. The van der Waals surface area contributed by atoms with Gasteiger partial charge in [0, 0.05) is 5.69 Å². The lowest BCUT2D eigenvalue weighted by Gasteiger charge is -2.06. The number of nitriles is 1. The van der Waals surface area contributed by atoms with Crippen LogP contribution in [0.15, 0.2) is 54.1 Å². The Morgan fingerprint density at radius 2 is 1.96 bits per heavy atom. The van der Waals surface area contributed by atoms with Crippen LogP contribution in [0.1, 0.15) is 22.8 Å². The maximum Gasteiger partial charge on any atom is 0.335 e. The summed E-state index contributed by atoms with van der Waals surface area (Å²) < 4.78 is 5.39. The third-order valence-electron chi connectivity index (χ3n) is 3.23. The van der Waals surface area contributed by atoms with Crippen molar-refractivity contribution in [3.8, 4) is 11.8 Å². The van der Waals surface area contributed by atoms with Crippen LogP contribution in [-0.4, -0.2) is 23.6 Å². The third kappa shape index (κ3) is 4.94. The van der Waals surface area contributed by atoms with E-state index in [4.69, 9.17) is 9.84 Å². The summed E-state index contributed by atoms with van der Waals surface area (Å²) in [5.74, 6) is -0.977. The summed E-state index contributed by atoms with van der Waals surface area (Å²) in [7, 11) is 0. The van der Waals surface area contributed by atoms with Gasteiger partial charge in [-0.1, -0.05) is 12.1 Å². The van der Waals surface area contributed by atoms with Gasteiger partial charge in [0.1, 0.15) is 17.4 Å². The van der Waals surface area contributed by atoms with Gasteiger partial charge in [-0.3, -0.25) is 4.79 Å². The van der Waals surface area contributed by atoms with Gasteiger partial charge in [-0.05, 0) is 55.0 Å². The lowest BCUT2D eigenvalue weighted by Crippen LogP contribution is -2.13. The number of nitrogens with zero attached hydrogens (tertiary/aromatic N) is 1. The van der Waals surface area contributed by atoms with Gasteiger partial charge in [0.05, 0.1) is 12.2 Å². The Hall–Kier alpha value is -3.59. The van der Waals surface area contributed by atoms with Gasteiger partial charge in [0.2, 0.25) is 0 Å². The number of ether oxygens (including phenoxy) is 1. The first-order valence-corrected chi connectivity index (χ1v) is 7.53. The van der Waals surface area contributed by atoms with E-state index in [9.17, 15) is 14.9 Å². The van der Waals surface area contributed by atoms with Crippen molar-refractivity contribution in [2.45, 2.75) is 6.92 Å². The first kappa shape index (κ1) is 17.8. The van der Waals surface area contributed by atoms with Crippen LogP contribution in [0.3, 0.4) is 0 Å². The summed E-state index contributed by atoms with van der Waals surface area (Å²) >= 11 is 0. The summed E-state index contributed by atoms with van der Waals surface area (Å²) in [5.41, 5.74) is 1.11. The van der Waals surface area contributed by atoms with Crippen LogP contribution in [0.5, 0.6) is 5.75 Å². The lowest BCUT2D eigenvalue weighted by molar-refractivity contribution is -0.112. The van der Waals surface area contributed by atoms with Gasteiger partial charge < -0.3 is 15.2 Å². The Labute approximate surface area is 145 Å². The first-order valence-electron chi connectivity index (χ1n) is 7.53. The molecule has 0 aromatic heterocycles. The minimum atomic E-state index is -1.05. The number of amides is 1. The van der Waals surface area contributed by atoms with Gasteiger partial charge >= 0.3 is 5.97 Å². The van der Waals surface area contributed by atoms with Crippen LogP contribution >= 0.6 is 0 Å². The van der Waals surface area contributed by atoms with E-state index in [1.165, 1.54) is 30.3 Å². The van der Waals surface area contributed by atoms with Gasteiger partial charge in [-0.15, -0.1) is 0 Å². The minimum Gasteiger partial charge on any atom is -0.494 e. The fourth-order valence-electron chi connectivity index (χ4n) is 2.07. The highest BCUT2D eigenvalue weighted by molar-refractivity contribution is 6.09. The Morgan fingerprint density at radius 3 is 2.56 bits per heavy atom. The summed E-state index contributed by atoms with van der Waals surface area (Å²) in [6.45, 7) is 2.39. The molecule has 0 radical (unpaired) electrons. The standard InChI is InChI=1S/C19H16N2O4/c1-2-25-17-5-3-4-13(11-17)10-15(12-20)18(22)21-16-8-6-14(7-9-16)19(23)24/h3-11H,2H2,1H3,(H,21,22)(H,23,24). The highest BCUT2D eigenvalue weighted by Gasteiger charge is 2.10. The second-order valence-electron chi connectivity index (χ2n) is 5.01. The zero-order valence-corrected chi connectivity index (χ0v) is 13.5. The maximum atomic E-state index is 12.2. The maximum absolute atomic E-state index is 12.2. The second-order valence-corrected chi connectivity index (χ2v) is 5.01. The molecule has 0 aliphatic rings. The van der Waals surface area contributed by atoms with Crippen LogP contribution in [-0.2, 0) is 4.79 Å². The van der Waals surface area contributed by atoms with E-state index < -0.39 is 11.9 Å². The topological polar surface area (TPSA) is 99.4 Å². The molecule has 2 N–H and O–H groups in total. The molecule has 6 heteroatoms. The molecule has 2 rings (SSSR count). The molecule has 0 saturated heterocycles. The Balaban J connectivity index is 2.16. The van der Waals surface area contributed by atoms with E-state index >= 15 is 0 Å². The lowest BCUT2D eigenvalue weighted by atomic mass is 10.1. The first-order chi connectivity index (χ1) is 12.0. The van der Waals surface area contributed by atoms with E-state index in [1.54, 1.807) is 24.3 Å². The molecule has 0 heterocycles. The predicted octanol–water partition coefficient (Wildman–Crippen LogP) is 3.33. The predicted molar refractivity (Wildman–Crippen MR) is 93.2 cm³/mol. The third-order valence-corrected chi connectivity index (χ3v) is 3.23. The number of carbonyl (C=O) groups excluding carboxylic acids is 1. The van der Waals surface area contributed by atoms with Crippen molar-refractivity contribution in [3.63, 3.8) is 0 Å². The molecule has 25 heavy (non-hydrogen) atoms. The molecule has 2 aromatic rings. The number of carboxylic acid groups (broad SMARTS) is 1. The average Bonchev–Trinajstić information content (AvgIpc) is 2.60. The van der Waals surface area contributed by atoms with E-state index in [2.05, 4.69) is 5.32 Å². The molecule has 0 unspecified atom stereocenters. The number of rotatable bonds is 6.